The highest BCUT2D eigenvalue weighted by Gasteiger charge is 2.09. The topological polar surface area (TPSA) is 64.7 Å². The molecular weight excluding hydrogens is 180 g/mol. The molecule has 0 saturated carbocycles. The van der Waals surface area contributed by atoms with E-state index in [4.69, 9.17) is 10.6 Å². The average Bonchev–Trinajstić information content (AvgIpc) is 2.19. The first kappa shape index (κ1) is 10.2. The van der Waals surface area contributed by atoms with Crippen LogP contribution in [0, 0.1) is 0 Å². The molecule has 0 spiro atoms. The normalized spacial score (nSPS) is 11.1. The number of nitrogens with zero attached hydrogens (tertiary/aromatic N) is 1. The number of oxime groups is 1. The van der Waals surface area contributed by atoms with Gasteiger partial charge in [0.25, 0.3) is 5.91 Å². The monoisotopic (exact) mass is 192 g/mol. The first-order valence-corrected chi connectivity index (χ1v) is 4.31. The molecule has 0 heterocycles. The van der Waals surface area contributed by atoms with Crippen molar-refractivity contribution in [2.75, 3.05) is 6.61 Å². The van der Waals surface area contributed by atoms with E-state index in [2.05, 4.69) is 5.16 Å². The Labute approximate surface area is 82.4 Å². The summed E-state index contributed by atoms with van der Waals surface area (Å²) < 4.78 is 0. The number of primary amides is 1. The van der Waals surface area contributed by atoms with E-state index < -0.39 is 5.91 Å². The minimum Gasteiger partial charge on any atom is -0.395 e. The van der Waals surface area contributed by atoms with Crippen LogP contribution in [0.1, 0.15) is 12.5 Å². The number of amides is 1. The van der Waals surface area contributed by atoms with Gasteiger partial charge in [-0.2, -0.15) is 0 Å². The van der Waals surface area contributed by atoms with Crippen LogP contribution in [-0.2, 0) is 9.63 Å². The molecule has 0 aromatic heterocycles. The smallest absolute Gasteiger partial charge is 0.271 e. The summed E-state index contributed by atoms with van der Waals surface area (Å²) in [6.07, 6.45) is 0. The first-order valence-electron chi connectivity index (χ1n) is 4.31. The van der Waals surface area contributed by atoms with E-state index in [0.29, 0.717) is 12.2 Å². The number of nitrogens with two attached hydrogens (primary N) is 1. The van der Waals surface area contributed by atoms with Gasteiger partial charge in [-0.3, -0.25) is 4.79 Å². The number of benzene rings is 1. The summed E-state index contributed by atoms with van der Waals surface area (Å²) in [6, 6.07) is 8.97. The van der Waals surface area contributed by atoms with Gasteiger partial charge in [-0.25, -0.2) is 0 Å². The highest BCUT2D eigenvalue weighted by molar-refractivity contribution is 6.44. The van der Waals surface area contributed by atoms with Crippen LogP contribution >= 0.6 is 0 Å². The molecule has 0 saturated heterocycles. The van der Waals surface area contributed by atoms with Crippen LogP contribution in [0.5, 0.6) is 0 Å². The second-order valence-electron chi connectivity index (χ2n) is 2.59. The van der Waals surface area contributed by atoms with Crippen LogP contribution in [-0.4, -0.2) is 18.2 Å². The van der Waals surface area contributed by atoms with Crippen molar-refractivity contribution < 1.29 is 9.63 Å². The Morgan fingerprint density at radius 3 is 2.57 bits per heavy atom. The van der Waals surface area contributed by atoms with Crippen LogP contribution in [0.15, 0.2) is 35.5 Å². The molecule has 1 rings (SSSR count). The molecule has 4 nitrogen and oxygen atoms in total. The van der Waals surface area contributed by atoms with Crippen molar-refractivity contribution in [2.24, 2.45) is 10.9 Å². The van der Waals surface area contributed by atoms with Crippen LogP contribution in [0.4, 0.5) is 0 Å². The van der Waals surface area contributed by atoms with E-state index in [0.717, 1.165) is 0 Å². The maximum Gasteiger partial charge on any atom is 0.271 e. The molecule has 1 amide bonds. The van der Waals surface area contributed by atoms with Crippen molar-refractivity contribution in [1.29, 1.82) is 0 Å². The summed E-state index contributed by atoms with van der Waals surface area (Å²) in [7, 11) is 0. The Morgan fingerprint density at radius 1 is 1.43 bits per heavy atom. The lowest BCUT2D eigenvalue weighted by atomic mass is 10.1. The Balaban J connectivity index is 2.95. The third-order valence-electron chi connectivity index (χ3n) is 1.57. The van der Waals surface area contributed by atoms with Gasteiger partial charge in [0.2, 0.25) is 0 Å². The standard InChI is InChI=1S/C10H12N2O2/c1-2-14-12-9(10(11)13)8-6-4-3-5-7-8/h3-7H,2H2,1H3,(H2,11,13)/b12-9+. The summed E-state index contributed by atoms with van der Waals surface area (Å²) in [4.78, 5) is 15.8. The molecule has 0 aliphatic rings. The lowest BCUT2D eigenvalue weighted by Gasteiger charge is -2.01. The number of carbonyl (C=O) groups excluding carboxylic acids is 1. The largest absolute Gasteiger partial charge is 0.395 e. The summed E-state index contributed by atoms with van der Waals surface area (Å²) in [5.41, 5.74) is 5.97. The van der Waals surface area contributed by atoms with Crippen molar-refractivity contribution in [3.05, 3.63) is 35.9 Å². The second-order valence-corrected chi connectivity index (χ2v) is 2.59. The molecule has 2 N–H and O–H groups in total. The van der Waals surface area contributed by atoms with Gasteiger partial charge < -0.3 is 10.6 Å². The van der Waals surface area contributed by atoms with E-state index in [1.807, 2.05) is 6.07 Å². The van der Waals surface area contributed by atoms with Gasteiger partial charge in [-0.15, -0.1) is 0 Å². The van der Waals surface area contributed by atoms with Gasteiger partial charge in [0.1, 0.15) is 6.61 Å². The van der Waals surface area contributed by atoms with Crippen LogP contribution in [0.3, 0.4) is 0 Å². The molecular formula is C10H12N2O2. The van der Waals surface area contributed by atoms with Gasteiger partial charge in [0.15, 0.2) is 5.71 Å². The van der Waals surface area contributed by atoms with E-state index in [9.17, 15) is 4.79 Å². The quantitative estimate of drug-likeness (QED) is 0.569. The van der Waals surface area contributed by atoms with Crippen LogP contribution in [0.2, 0.25) is 0 Å². The number of hydrogen-bond donors (Lipinski definition) is 1. The highest BCUT2D eigenvalue weighted by atomic mass is 16.6. The fourth-order valence-corrected chi connectivity index (χ4v) is 0.965. The highest BCUT2D eigenvalue weighted by Crippen LogP contribution is 2.01. The van der Waals surface area contributed by atoms with Gasteiger partial charge in [0, 0.05) is 5.56 Å². The predicted molar refractivity (Wildman–Crippen MR) is 53.8 cm³/mol. The third kappa shape index (κ3) is 2.58. The van der Waals surface area contributed by atoms with Gasteiger partial charge >= 0.3 is 0 Å². The predicted octanol–water partition coefficient (Wildman–Crippen LogP) is 0.912. The molecule has 0 aliphatic heterocycles. The maximum absolute atomic E-state index is 11.0. The average molecular weight is 192 g/mol. The molecule has 14 heavy (non-hydrogen) atoms. The summed E-state index contributed by atoms with van der Waals surface area (Å²) in [5, 5.41) is 3.65. The second kappa shape index (κ2) is 5.01. The zero-order chi connectivity index (χ0) is 10.4. The minimum absolute atomic E-state index is 0.146. The molecule has 1 aromatic carbocycles. The molecule has 0 aliphatic carbocycles. The third-order valence-corrected chi connectivity index (χ3v) is 1.57. The molecule has 74 valence electrons. The zero-order valence-electron chi connectivity index (χ0n) is 7.93. The van der Waals surface area contributed by atoms with Gasteiger partial charge in [-0.1, -0.05) is 35.5 Å². The van der Waals surface area contributed by atoms with E-state index in [1.165, 1.54) is 0 Å². The molecule has 0 atom stereocenters. The van der Waals surface area contributed by atoms with Crippen molar-refractivity contribution in [3.8, 4) is 0 Å². The Kier molecular flexibility index (Phi) is 3.67. The van der Waals surface area contributed by atoms with E-state index in [-0.39, 0.29) is 5.71 Å². The number of rotatable bonds is 4. The lowest BCUT2D eigenvalue weighted by molar-refractivity contribution is -0.112. The maximum atomic E-state index is 11.0. The van der Waals surface area contributed by atoms with Crippen LogP contribution < -0.4 is 5.73 Å². The molecule has 0 radical (unpaired) electrons. The fourth-order valence-electron chi connectivity index (χ4n) is 0.965. The van der Waals surface area contributed by atoms with Crippen molar-refractivity contribution >= 4 is 11.6 Å². The van der Waals surface area contributed by atoms with Crippen molar-refractivity contribution in [2.45, 2.75) is 6.92 Å². The lowest BCUT2D eigenvalue weighted by Crippen LogP contribution is -2.24. The van der Waals surface area contributed by atoms with Gasteiger partial charge in [-0.05, 0) is 6.92 Å². The van der Waals surface area contributed by atoms with Crippen LogP contribution in [0.25, 0.3) is 0 Å². The Bertz CT molecular complexity index is 333. The van der Waals surface area contributed by atoms with E-state index in [1.54, 1.807) is 31.2 Å². The zero-order valence-corrected chi connectivity index (χ0v) is 7.93. The fraction of sp³-hybridized carbons (Fsp3) is 0.200. The molecule has 0 unspecified atom stereocenters. The van der Waals surface area contributed by atoms with Crippen molar-refractivity contribution in [3.63, 3.8) is 0 Å². The SMILES string of the molecule is CCO/N=C(/C(N)=O)c1ccccc1. The summed E-state index contributed by atoms with van der Waals surface area (Å²) in [5.74, 6) is -0.593. The molecule has 1 aromatic rings. The first-order chi connectivity index (χ1) is 6.75. The Hall–Kier alpha value is -1.84. The number of hydrogen-bond acceptors (Lipinski definition) is 3. The summed E-state index contributed by atoms with van der Waals surface area (Å²) in [6.45, 7) is 2.19. The summed E-state index contributed by atoms with van der Waals surface area (Å²) >= 11 is 0. The molecule has 0 bridgehead atoms. The van der Waals surface area contributed by atoms with Crippen molar-refractivity contribution in [1.82, 2.24) is 0 Å². The molecule has 0 fully saturated rings. The Morgan fingerprint density at radius 2 is 2.07 bits per heavy atom. The number of carbonyl (C=O) groups is 1. The molecule has 4 heteroatoms. The van der Waals surface area contributed by atoms with Gasteiger partial charge in [0.05, 0.1) is 0 Å². The minimum atomic E-state index is -0.593. The van der Waals surface area contributed by atoms with E-state index >= 15 is 0 Å².